The largest absolute Gasteiger partial charge is 0.508 e. The molecule has 5 heteroatoms. The highest BCUT2D eigenvalue weighted by Crippen LogP contribution is 2.34. The Hall–Kier alpha value is -3.08. The minimum atomic E-state index is -0.509. The monoisotopic (exact) mass is 281 g/mol. The number of carbonyl (C=O) groups is 2. The van der Waals surface area contributed by atoms with Crippen molar-refractivity contribution < 1.29 is 19.4 Å². The number of amides is 1. The van der Waals surface area contributed by atoms with E-state index in [1.807, 2.05) is 0 Å². The van der Waals surface area contributed by atoms with Crippen molar-refractivity contribution in [3.63, 3.8) is 0 Å². The van der Waals surface area contributed by atoms with Crippen LogP contribution in [0.4, 0.5) is 0 Å². The van der Waals surface area contributed by atoms with Crippen LogP contribution in [0.2, 0.25) is 0 Å². The van der Waals surface area contributed by atoms with Gasteiger partial charge in [-0.05, 0) is 42.0 Å². The Balaban J connectivity index is 1.92. The maximum absolute atomic E-state index is 12.1. The Morgan fingerprint density at radius 2 is 1.86 bits per heavy atom. The molecular formula is C16H11NO4. The fourth-order valence-corrected chi connectivity index (χ4v) is 2.07. The number of nitrogens with two attached hydrogens (primary N) is 1. The molecule has 1 amide bonds. The van der Waals surface area contributed by atoms with Gasteiger partial charge in [-0.3, -0.25) is 9.59 Å². The van der Waals surface area contributed by atoms with Gasteiger partial charge in [0.1, 0.15) is 11.5 Å². The normalized spacial score (nSPS) is 14.9. The van der Waals surface area contributed by atoms with Crippen LogP contribution in [-0.2, 0) is 0 Å². The number of hydrogen-bond acceptors (Lipinski definition) is 4. The number of phenolic OH excluding ortho intramolecular Hbond substituents is 1. The fraction of sp³-hybridized carbons (Fsp3) is 0. The second-order valence-electron chi connectivity index (χ2n) is 4.61. The van der Waals surface area contributed by atoms with Crippen molar-refractivity contribution in [3.8, 4) is 11.5 Å². The lowest BCUT2D eigenvalue weighted by molar-refractivity contribution is 0.0996. The molecule has 1 heterocycles. The maximum Gasteiger partial charge on any atom is 0.248 e. The number of Topliss-reactive ketones (excluding diaryl/α,β-unsaturated/α-hetero) is 1. The molecule has 0 fully saturated rings. The van der Waals surface area contributed by atoms with E-state index in [2.05, 4.69) is 0 Å². The third kappa shape index (κ3) is 2.36. The van der Waals surface area contributed by atoms with Crippen LogP contribution in [-0.4, -0.2) is 16.8 Å². The number of primary amides is 1. The van der Waals surface area contributed by atoms with Crippen molar-refractivity contribution in [1.29, 1.82) is 0 Å². The van der Waals surface area contributed by atoms with Crippen LogP contribution in [0.3, 0.4) is 0 Å². The number of ketones is 1. The van der Waals surface area contributed by atoms with E-state index in [0.717, 1.165) is 0 Å². The summed E-state index contributed by atoms with van der Waals surface area (Å²) in [5.41, 5.74) is 6.59. The van der Waals surface area contributed by atoms with Crippen LogP contribution in [0.1, 0.15) is 26.3 Å². The van der Waals surface area contributed by atoms with Crippen LogP contribution in [0.25, 0.3) is 6.08 Å². The van der Waals surface area contributed by atoms with Crippen LogP contribution in [0.15, 0.2) is 48.2 Å². The molecule has 1 aliphatic heterocycles. The van der Waals surface area contributed by atoms with Gasteiger partial charge in [-0.2, -0.15) is 0 Å². The highest BCUT2D eigenvalue weighted by atomic mass is 16.5. The van der Waals surface area contributed by atoms with E-state index in [9.17, 15) is 14.7 Å². The molecule has 2 aromatic rings. The second kappa shape index (κ2) is 4.79. The summed E-state index contributed by atoms with van der Waals surface area (Å²) in [5, 5.41) is 9.40. The van der Waals surface area contributed by atoms with Crippen molar-refractivity contribution >= 4 is 17.8 Å². The van der Waals surface area contributed by atoms with E-state index in [1.54, 1.807) is 36.4 Å². The highest BCUT2D eigenvalue weighted by molar-refractivity contribution is 6.14. The summed E-state index contributed by atoms with van der Waals surface area (Å²) in [6.07, 6.45) is 1.57. The minimum absolute atomic E-state index is 0.0118. The number of benzene rings is 2. The fourth-order valence-electron chi connectivity index (χ4n) is 2.07. The van der Waals surface area contributed by atoms with E-state index in [-0.39, 0.29) is 17.3 Å². The lowest BCUT2D eigenvalue weighted by Gasteiger charge is -1.99. The molecule has 0 saturated carbocycles. The van der Waals surface area contributed by atoms with Gasteiger partial charge in [-0.1, -0.05) is 12.1 Å². The number of rotatable bonds is 2. The van der Waals surface area contributed by atoms with Gasteiger partial charge in [0.15, 0.2) is 5.76 Å². The smallest absolute Gasteiger partial charge is 0.248 e. The van der Waals surface area contributed by atoms with Crippen molar-refractivity contribution in [2.45, 2.75) is 0 Å². The number of carbonyl (C=O) groups excluding carboxylic acids is 2. The topological polar surface area (TPSA) is 89.6 Å². The molecule has 1 aliphatic rings. The van der Waals surface area contributed by atoms with Crippen LogP contribution in [0, 0.1) is 0 Å². The lowest BCUT2D eigenvalue weighted by atomic mass is 10.1. The predicted octanol–water partition coefficient (Wildman–Crippen LogP) is 2.11. The summed E-state index contributed by atoms with van der Waals surface area (Å²) < 4.78 is 5.46. The quantitative estimate of drug-likeness (QED) is 0.825. The maximum atomic E-state index is 12.1. The van der Waals surface area contributed by atoms with Gasteiger partial charge in [-0.15, -0.1) is 0 Å². The molecular weight excluding hydrogens is 270 g/mol. The van der Waals surface area contributed by atoms with E-state index in [4.69, 9.17) is 10.5 Å². The molecule has 5 nitrogen and oxygen atoms in total. The number of phenols is 1. The summed E-state index contributed by atoms with van der Waals surface area (Å²) >= 11 is 0. The average molecular weight is 281 g/mol. The van der Waals surface area contributed by atoms with Gasteiger partial charge < -0.3 is 15.6 Å². The number of fused-ring (bicyclic) bond motifs is 1. The molecule has 0 unspecified atom stereocenters. The van der Waals surface area contributed by atoms with E-state index in [0.29, 0.717) is 22.4 Å². The van der Waals surface area contributed by atoms with Crippen molar-refractivity contribution in [3.05, 3.63) is 64.9 Å². The molecule has 21 heavy (non-hydrogen) atoms. The molecule has 3 rings (SSSR count). The standard InChI is InChI=1S/C16H11NO4/c17-16(20)10-3-1-9(2-4-10)7-14-15(19)12-8-11(18)5-6-13(12)21-14/h1-8,18H,(H2,17,20)/b14-7-. The summed E-state index contributed by atoms with van der Waals surface area (Å²) in [4.78, 5) is 23.1. The summed E-state index contributed by atoms with van der Waals surface area (Å²) in [5.74, 6) is -0.205. The van der Waals surface area contributed by atoms with E-state index < -0.39 is 5.91 Å². The highest BCUT2D eigenvalue weighted by Gasteiger charge is 2.27. The zero-order chi connectivity index (χ0) is 15.0. The lowest BCUT2D eigenvalue weighted by Crippen LogP contribution is -2.10. The summed E-state index contributed by atoms with van der Waals surface area (Å²) in [6, 6.07) is 10.9. The Morgan fingerprint density at radius 1 is 1.14 bits per heavy atom. The molecule has 0 aliphatic carbocycles. The first-order valence-electron chi connectivity index (χ1n) is 6.22. The SMILES string of the molecule is NC(=O)c1ccc(/C=C2\Oc3ccc(O)cc3C2=O)cc1. The second-order valence-corrected chi connectivity index (χ2v) is 4.61. The van der Waals surface area contributed by atoms with Crippen LogP contribution in [0.5, 0.6) is 11.5 Å². The number of allylic oxidation sites excluding steroid dienone is 1. The average Bonchev–Trinajstić information content (AvgIpc) is 2.76. The summed E-state index contributed by atoms with van der Waals surface area (Å²) in [6.45, 7) is 0. The molecule has 0 saturated heterocycles. The van der Waals surface area contributed by atoms with E-state index in [1.165, 1.54) is 12.1 Å². The van der Waals surface area contributed by atoms with Crippen molar-refractivity contribution in [1.82, 2.24) is 0 Å². The molecule has 0 spiro atoms. The molecule has 104 valence electrons. The number of aromatic hydroxyl groups is 1. The molecule has 0 aromatic heterocycles. The molecule has 0 atom stereocenters. The van der Waals surface area contributed by atoms with Gasteiger partial charge in [0.25, 0.3) is 0 Å². The third-order valence-corrected chi connectivity index (χ3v) is 3.14. The Kier molecular flexibility index (Phi) is 2.95. The first-order chi connectivity index (χ1) is 10.0. The Morgan fingerprint density at radius 3 is 2.52 bits per heavy atom. The van der Waals surface area contributed by atoms with Crippen LogP contribution >= 0.6 is 0 Å². The van der Waals surface area contributed by atoms with Gasteiger partial charge in [0.05, 0.1) is 5.56 Å². The first-order valence-corrected chi connectivity index (χ1v) is 6.22. The Labute approximate surface area is 120 Å². The van der Waals surface area contributed by atoms with Gasteiger partial charge in [0, 0.05) is 5.56 Å². The van der Waals surface area contributed by atoms with Gasteiger partial charge in [0.2, 0.25) is 11.7 Å². The first kappa shape index (κ1) is 12.9. The van der Waals surface area contributed by atoms with Gasteiger partial charge >= 0.3 is 0 Å². The number of ether oxygens (including phenoxy) is 1. The molecule has 3 N–H and O–H groups in total. The molecule has 0 radical (unpaired) electrons. The predicted molar refractivity (Wildman–Crippen MR) is 76.0 cm³/mol. The van der Waals surface area contributed by atoms with Crippen molar-refractivity contribution in [2.75, 3.05) is 0 Å². The Bertz CT molecular complexity index is 775. The zero-order valence-electron chi connectivity index (χ0n) is 10.9. The van der Waals surface area contributed by atoms with Crippen molar-refractivity contribution in [2.24, 2.45) is 5.73 Å². The summed E-state index contributed by atoms with van der Waals surface area (Å²) in [7, 11) is 0. The molecule has 2 aromatic carbocycles. The third-order valence-electron chi connectivity index (χ3n) is 3.14. The van der Waals surface area contributed by atoms with Gasteiger partial charge in [-0.25, -0.2) is 0 Å². The van der Waals surface area contributed by atoms with E-state index >= 15 is 0 Å². The zero-order valence-corrected chi connectivity index (χ0v) is 10.9. The molecule has 0 bridgehead atoms. The van der Waals surface area contributed by atoms with Crippen LogP contribution < -0.4 is 10.5 Å². The number of hydrogen-bond donors (Lipinski definition) is 2. The minimum Gasteiger partial charge on any atom is -0.508 e.